The first-order chi connectivity index (χ1) is 13.9. The Hall–Kier alpha value is -3.15. The molecule has 0 heterocycles. The smallest absolute Gasteiger partial charge is 0.306 e. The van der Waals surface area contributed by atoms with Gasteiger partial charge >= 0.3 is 5.97 Å². The van der Waals surface area contributed by atoms with Crippen molar-refractivity contribution in [2.45, 2.75) is 38.6 Å². The number of benzene rings is 2. The van der Waals surface area contributed by atoms with Gasteiger partial charge in [-0.2, -0.15) is 0 Å². The quantitative estimate of drug-likeness (QED) is 0.629. The van der Waals surface area contributed by atoms with Gasteiger partial charge in [0.05, 0.1) is 6.42 Å². The second-order valence-corrected chi connectivity index (χ2v) is 7.39. The van der Waals surface area contributed by atoms with Crippen molar-refractivity contribution >= 4 is 17.8 Å². The van der Waals surface area contributed by atoms with Crippen molar-refractivity contribution in [1.82, 2.24) is 10.6 Å². The molecule has 0 fully saturated rings. The van der Waals surface area contributed by atoms with Crippen LogP contribution in [0.25, 0.3) is 11.1 Å². The Balaban J connectivity index is 2.20. The molecule has 0 spiro atoms. The second kappa shape index (κ2) is 7.70. The van der Waals surface area contributed by atoms with E-state index in [1.54, 1.807) is 13.8 Å². The van der Waals surface area contributed by atoms with E-state index in [4.69, 9.17) is 0 Å². The van der Waals surface area contributed by atoms with Crippen LogP contribution in [0.5, 0.6) is 0 Å². The van der Waals surface area contributed by atoms with E-state index < -0.39 is 22.8 Å². The van der Waals surface area contributed by atoms with Gasteiger partial charge in [0.15, 0.2) is 0 Å². The number of aliphatic carboxylic acids is 1. The zero-order valence-electron chi connectivity index (χ0n) is 16.9. The molecule has 6 nitrogen and oxygen atoms in total. The average molecular weight is 394 g/mol. The van der Waals surface area contributed by atoms with Crippen LogP contribution in [-0.2, 0) is 19.9 Å². The number of fused-ring (bicyclic) bond motifs is 3. The van der Waals surface area contributed by atoms with Gasteiger partial charge in [0.2, 0.25) is 11.8 Å². The molecule has 2 amide bonds. The molecule has 6 heteroatoms. The molecular weight excluding hydrogens is 368 g/mol. The number of carbonyl (C=O) groups is 3. The van der Waals surface area contributed by atoms with Crippen LogP contribution >= 0.6 is 0 Å². The highest BCUT2D eigenvalue weighted by Gasteiger charge is 2.50. The van der Waals surface area contributed by atoms with Gasteiger partial charge in [0.25, 0.3) is 0 Å². The molecule has 2 aromatic rings. The first-order valence-electron chi connectivity index (χ1n) is 9.82. The van der Waals surface area contributed by atoms with E-state index in [-0.39, 0.29) is 12.3 Å². The SMILES string of the molecule is CCC(CC)(C(=O)NC)C(=O)NC1(CC(=O)O)c2ccccc2-c2ccccc21. The molecule has 0 unspecified atom stereocenters. The van der Waals surface area contributed by atoms with Gasteiger partial charge < -0.3 is 15.7 Å². The topological polar surface area (TPSA) is 95.5 Å². The third-order valence-electron chi connectivity index (χ3n) is 6.11. The van der Waals surface area contributed by atoms with Crippen molar-refractivity contribution in [2.24, 2.45) is 5.41 Å². The minimum Gasteiger partial charge on any atom is -0.481 e. The Bertz CT molecular complexity index is 917. The van der Waals surface area contributed by atoms with Crippen molar-refractivity contribution in [3.63, 3.8) is 0 Å². The molecule has 0 aromatic heterocycles. The highest BCUT2D eigenvalue weighted by atomic mass is 16.4. The molecule has 0 aliphatic heterocycles. The van der Waals surface area contributed by atoms with Gasteiger partial charge in [-0.3, -0.25) is 14.4 Å². The van der Waals surface area contributed by atoms with Crippen LogP contribution in [0.1, 0.15) is 44.2 Å². The Morgan fingerprint density at radius 3 is 1.79 bits per heavy atom. The summed E-state index contributed by atoms with van der Waals surface area (Å²) in [4.78, 5) is 38.1. The molecule has 3 N–H and O–H groups in total. The summed E-state index contributed by atoms with van der Waals surface area (Å²) in [5.74, 6) is -1.87. The van der Waals surface area contributed by atoms with E-state index in [9.17, 15) is 19.5 Å². The highest BCUT2D eigenvalue weighted by molar-refractivity contribution is 6.06. The highest BCUT2D eigenvalue weighted by Crippen LogP contribution is 2.49. The van der Waals surface area contributed by atoms with Crippen molar-refractivity contribution in [1.29, 1.82) is 0 Å². The molecule has 2 aromatic carbocycles. The summed E-state index contributed by atoms with van der Waals surface area (Å²) in [6, 6.07) is 15.0. The fourth-order valence-electron chi connectivity index (χ4n) is 4.47. The van der Waals surface area contributed by atoms with Crippen LogP contribution in [0, 0.1) is 5.41 Å². The lowest BCUT2D eigenvalue weighted by Crippen LogP contribution is -2.56. The van der Waals surface area contributed by atoms with Crippen LogP contribution in [0.3, 0.4) is 0 Å². The predicted octanol–water partition coefficient (Wildman–Crippen LogP) is 3.05. The molecule has 0 atom stereocenters. The fraction of sp³-hybridized carbons (Fsp3) is 0.348. The van der Waals surface area contributed by atoms with Gasteiger partial charge in [-0.15, -0.1) is 0 Å². The fourth-order valence-corrected chi connectivity index (χ4v) is 4.47. The van der Waals surface area contributed by atoms with Crippen molar-refractivity contribution < 1.29 is 19.5 Å². The Morgan fingerprint density at radius 2 is 1.38 bits per heavy atom. The molecule has 3 rings (SSSR count). The van der Waals surface area contributed by atoms with Gasteiger partial charge in [-0.05, 0) is 35.1 Å². The summed E-state index contributed by atoms with van der Waals surface area (Å²) < 4.78 is 0. The summed E-state index contributed by atoms with van der Waals surface area (Å²) >= 11 is 0. The molecule has 0 radical (unpaired) electrons. The maximum atomic E-state index is 13.5. The van der Waals surface area contributed by atoms with Crippen LogP contribution in [0.15, 0.2) is 48.5 Å². The first-order valence-corrected chi connectivity index (χ1v) is 9.82. The third-order valence-corrected chi connectivity index (χ3v) is 6.11. The van der Waals surface area contributed by atoms with Gasteiger partial charge in [0, 0.05) is 7.05 Å². The Morgan fingerprint density at radius 1 is 0.897 bits per heavy atom. The maximum Gasteiger partial charge on any atom is 0.306 e. The van der Waals surface area contributed by atoms with Crippen molar-refractivity contribution in [3.8, 4) is 11.1 Å². The first kappa shape index (κ1) is 20.6. The minimum absolute atomic E-state index is 0.307. The van der Waals surface area contributed by atoms with Gasteiger partial charge in [-0.1, -0.05) is 62.4 Å². The normalized spacial score (nSPS) is 13.9. The zero-order valence-corrected chi connectivity index (χ0v) is 16.9. The number of rotatable bonds is 7. The lowest BCUT2D eigenvalue weighted by atomic mass is 9.77. The van der Waals surface area contributed by atoms with Crippen molar-refractivity contribution in [3.05, 3.63) is 59.7 Å². The standard InChI is InChI=1S/C23H26N2O4/c1-4-22(5-2,20(28)24-3)21(29)25-23(14-19(26)27)17-12-8-6-10-15(17)16-11-7-9-13-18(16)23/h6-13H,4-5,14H2,1-3H3,(H,24,28)(H,25,29)(H,26,27). The summed E-state index contributed by atoms with van der Waals surface area (Å²) in [6.45, 7) is 3.58. The van der Waals surface area contributed by atoms with E-state index in [0.717, 1.165) is 22.3 Å². The van der Waals surface area contributed by atoms with E-state index in [1.807, 2.05) is 48.5 Å². The molecule has 0 bridgehead atoms. The molecule has 152 valence electrons. The predicted molar refractivity (Wildman–Crippen MR) is 110 cm³/mol. The van der Waals surface area contributed by atoms with E-state index in [2.05, 4.69) is 10.6 Å². The van der Waals surface area contributed by atoms with Crippen LogP contribution in [0.4, 0.5) is 0 Å². The lowest BCUT2D eigenvalue weighted by molar-refractivity contribution is -0.145. The summed E-state index contributed by atoms with van der Waals surface area (Å²) in [5.41, 5.74) is 0.739. The Kier molecular flexibility index (Phi) is 5.46. The van der Waals surface area contributed by atoms with Crippen LogP contribution in [0.2, 0.25) is 0 Å². The monoisotopic (exact) mass is 394 g/mol. The summed E-state index contributed by atoms with van der Waals surface area (Å²) in [7, 11) is 1.50. The number of carbonyl (C=O) groups excluding carboxylic acids is 2. The number of carboxylic acid groups (broad SMARTS) is 1. The second-order valence-electron chi connectivity index (χ2n) is 7.39. The summed E-state index contributed by atoms with van der Waals surface area (Å²) in [5, 5.41) is 15.3. The molecule has 0 saturated carbocycles. The number of hydrogen-bond acceptors (Lipinski definition) is 3. The Labute approximate surface area is 170 Å². The lowest BCUT2D eigenvalue weighted by Gasteiger charge is -2.37. The molecule has 1 aliphatic carbocycles. The van der Waals surface area contributed by atoms with Crippen LogP contribution in [-0.4, -0.2) is 29.9 Å². The number of carboxylic acids is 1. The summed E-state index contributed by atoms with van der Waals surface area (Å²) in [6.07, 6.45) is 0.299. The average Bonchev–Trinajstić information content (AvgIpc) is 2.99. The van der Waals surface area contributed by atoms with Gasteiger partial charge in [0.1, 0.15) is 11.0 Å². The maximum absolute atomic E-state index is 13.5. The van der Waals surface area contributed by atoms with Crippen LogP contribution < -0.4 is 10.6 Å². The number of nitrogens with one attached hydrogen (secondary N) is 2. The molecular formula is C23H26N2O4. The minimum atomic E-state index is -1.27. The number of amides is 2. The van der Waals surface area contributed by atoms with Gasteiger partial charge in [-0.25, -0.2) is 0 Å². The number of hydrogen-bond donors (Lipinski definition) is 3. The third kappa shape index (κ3) is 3.09. The largest absolute Gasteiger partial charge is 0.481 e. The molecule has 0 saturated heterocycles. The van der Waals surface area contributed by atoms with E-state index >= 15 is 0 Å². The molecule has 1 aliphatic rings. The van der Waals surface area contributed by atoms with Crippen molar-refractivity contribution in [2.75, 3.05) is 7.05 Å². The zero-order chi connectivity index (χ0) is 21.2. The molecule has 29 heavy (non-hydrogen) atoms. The van der Waals surface area contributed by atoms with E-state index in [0.29, 0.717) is 12.8 Å². The van der Waals surface area contributed by atoms with E-state index in [1.165, 1.54) is 7.05 Å².